The molecule has 0 atom stereocenters. The van der Waals surface area contributed by atoms with Crippen LogP contribution in [0.1, 0.15) is 28.1 Å². The van der Waals surface area contributed by atoms with Crippen LogP contribution in [0, 0.1) is 27.7 Å². The van der Waals surface area contributed by atoms with Crippen molar-refractivity contribution in [1.82, 2.24) is 9.99 Å². The number of carbonyl (C=O) groups is 1. The first-order valence-electron chi connectivity index (χ1n) is 10.8. The van der Waals surface area contributed by atoms with Crippen molar-refractivity contribution < 1.29 is 17.9 Å². The molecule has 0 fully saturated rings. The van der Waals surface area contributed by atoms with Crippen LogP contribution < -0.4 is 14.5 Å². The van der Waals surface area contributed by atoms with Gasteiger partial charge in [-0.2, -0.15) is 5.10 Å². The van der Waals surface area contributed by atoms with Gasteiger partial charge >= 0.3 is 0 Å². The van der Waals surface area contributed by atoms with Crippen molar-refractivity contribution in [2.24, 2.45) is 5.10 Å². The fourth-order valence-electron chi connectivity index (χ4n) is 3.92. The van der Waals surface area contributed by atoms with Crippen molar-refractivity contribution in [3.8, 4) is 11.4 Å². The van der Waals surface area contributed by atoms with Crippen molar-refractivity contribution in [1.29, 1.82) is 0 Å². The van der Waals surface area contributed by atoms with E-state index in [1.165, 1.54) is 24.8 Å². The summed E-state index contributed by atoms with van der Waals surface area (Å²) in [5.41, 5.74) is 8.82. The van der Waals surface area contributed by atoms with Crippen LogP contribution in [0.3, 0.4) is 0 Å². The van der Waals surface area contributed by atoms with Gasteiger partial charge in [0.15, 0.2) is 0 Å². The van der Waals surface area contributed by atoms with Crippen molar-refractivity contribution in [2.45, 2.75) is 27.7 Å². The Balaban J connectivity index is 1.80. The second-order valence-electron chi connectivity index (χ2n) is 8.33. The second kappa shape index (κ2) is 10.5. The molecule has 0 saturated carbocycles. The number of carbonyl (C=O) groups excluding carboxylic acids is 1. The number of anilines is 1. The molecular weight excluding hydrogens is 488 g/mol. The van der Waals surface area contributed by atoms with E-state index in [4.69, 9.17) is 16.3 Å². The fourth-order valence-corrected chi connectivity index (χ4v) is 4.94. The minimum Gasteiger partial charge on any atom is -0.495 e. The molecule has 3 aromatic rings. The number of aromatic nitrogens is 1. The summed E-state index contributed by atoms with van der Waals surface area (Å²) in [5, 5.41) is 4.37. The quantitative estimate of drug-likeness (QED) is 0.357. The van der Waals surface area contributed by atoms with Gasteiger partial charge in [0, 0.05) is 27.7 Å². The Labute approximate surface area is 211 Å². The Hall–Kier alpha value is -3.30. The smallest absolute Gasteiger partial charge is 0.260 e. The summed E-state index contributed by atoms with van der Waals surface area (Å²) in [4.78, 5) is 12.6. The molecule has 1 N–H and O–H groups in total. The van der Waals surface area contributed by atoms with E-state index in [9.17, 15) is 13.2 Å². The van der Waals surface area contributed by atoms with Gasteiger partial charge in [-0.05, 0) is 63.6 Å². The molecule has 0 unspecified atom stereocenters. The number of aryl methyl sites for hydroxylation is 3. The van der Waals surface area contributed by atoms with Gasteiger partial charge in [0.25, 0.3) is 5.91 Å². The van der Waals surface area contributed by atoms with Crippen LogP contribution in [0.2, 0.25) is 5.02 Å². The number of rotatable bonds is 8. The van der Waals surface area contributed by atoms with E-state index in [-0.39, 0.29) is 11.4 Å². The summed E-state index contributed by atoms with van der Waals surface area (Å²) in [6, 6.07) is 12.8. The van der Waals surface area contributed by atoms with Crippen LogP contribution in [0.15, 0.2) is 47.6 Å². The van der Waals surface area contributed by atoms with Crippen molar-refractivity contribution in [3.05, 3.63) is 75.6 Å². The number of nitrogens with zero attached hydrogens (tertiary/aromatic N) is 3. The molecule has 0 bridgehead atoms. The molecule has 1 heterocycles. The summed E-state index contributed by atoms with van der Waals surface area (Å²) in [6.07, 6.45) is 2.55. The van der Waals surface area contributed by atoms with Crippen LogP contribution in [0.25, 0.3) is 5.69 Å². The van der Waals surface area contributed by atoms with E-state index in [2.05, 4.69) is 47.1 Å². The molecule has 1 amide bonds. The van der Waals surface area contributed by atoms with E-state index < -0.39 is 22.5 Å². The maximum absolute atomic E-state index is 12.6. The third kappa shape index (κ3) is 6.04. The zero-order chi connectivity index (χ0) is 25.9. The number of amides is 1. The second-order valence-corrected chi connectivity index (χ2v) is 10.7. The number of ether oxygens (including phenoxy) is 1. The Morgan fingerprint density at radius 2 is 1.86 bits per heavy atom. The number of benzene rings is 2. The average molecular weight is 517 g/mol. The third-order valence-corrected chi connectivity index (χ3v) is 6.92. The van der Waals surface area contributed by atoms with Crippen molar-refractivity contribution in [2.75, 3.05) is 24.2 Å². The summed E-state index contributed by atoms with van der Waals surface area (Å²) in [7, 11) is -2.40. The fraction of sp³-hybridized carbons (Fsp3) is 0.280. The van der Waals surface area contributed by atoms with E-state index in [1.54, 1.807) is 12.3 Å². The zero-order valence-electron chi connectivity index (χ0n) is 20.6. The molecular formula is C25H29ClN4O4S. The van der Waals surface area contributed by atoms with E-state index >= 15 is 0 Å². The highest BCUT2D eigenvalue weighted by molar-refractivity contribution is 7.92. The molecule has 0 spiro atoms. The van der Waals surface area contributed by atoms with Crippen LogP contribution in [-0.2, 0) is 14.8 Å². The summed E-state index contributed by atoms with van der Waals surface area (Å²) >= 11 is 6.04. The molecule has 0 aliphatic heterocycles. The molecule has 3 rings (SSSR count). The first kappa shape index (κ1) is 26.3. The van der Waals surface area contributed by atoms with Crippen molar-refractivity contribution in [3.63, 3.8) is 0 Å². The van der Waals surface area contributed by atoms with Gasteiger partial charge in [-0.3, -0.25) is 9.10 Å². The maximum Gasteiger partial charge on any atom is 0.260 e. The molecule has 1 aromatic heterocycles. The Morgan fingerprint density at radius 3 is 2.49 bits per heavy atom. The van der Waals surface area contributed by atoms with Gasteiger partial charge in [-0.15, -0.1) is 0 Å². The lowest BCUT2D eigenvalue weighted by molar-refractivity contribution is -0.119. The van der Waals surface area contributed by atoms with E-state index in [1.807, 2.05) is 19.9 Å². The van der Waals surface area contributed by atoms with Crippen LogP contribution >= 0.6 is 11.6 Å². The highest BCUT2D eigenvalue weighted by Gasteiger charge is 2.24. The van der Waals surface area contributed by atoms with Gasteiger partial charge in [-0.25, -0.2) is 13.8 Å². The summed E-state index contributed by atoms with van der Waals surface area (Å²) in [6.45, 7) is 7.61. The first-order chi connectivity index (χ1) is 16.4. The standard InChI is InChI=1S/C25H29ClN4O4S/c1-16-7-9-22(17(2)11-16)30-18(3)12-20(19(30)4)14-27-28-25(31)15-29(35(6,32)33)23-13-21(26)8-10-24(23)34-5/h7-14H,15H2,1-6H3,(H,28,31)/b27-14-. The number of methoxy groups -OCH3 is 1. The lowest BCUT2D eigenvalue weighted by atomic mass is 10.1. The number of hydrogen-bond donors (Lipinski definition) is 1. The largest absolute Gasteiger partial charge is 0.495 e. The molecule has 35 heavy (non-hydrogen) atoms. The zero-order valence-corrected chi connectivity index (χ0v) is 22.2. The van der Waals surface area contributed by atoms with Crippen LogP contribution in [0.4, 0.5) is 5.69 Å². The SMILES string of the molecule is COc1ccc(Cl)cc1N(CC(=O)N/N=C\c1cc(C)n(-c2ccc(C)cc2C)c1C)S(C)(=O)=O. The summed E-state index contributed by atoms with van der Waals surface area (Å²) in [5.74, 6) is -0.341. The Morgan fingerprint density at radius 1 is 1.14 bits per heavy atom. The van der Waals surface area contributed by atoms with E-state index in [0.717, 1.165) is 38.8 Å². The van der Waals surface area contributed by atoms with Crippen molar-refractivity contribution >= 4 is 39.4 Å². The highest BCUT2D eigenvalue weighted by atomic mass is 35.5. The molecule has 8 nitrogen and oxygen atoms in total. The van der Waals surface area contributed by atoms with Gasteiger partial charge in [-0.1, -0.05) is 29.3 Å². The molecule has 0 saturated heterocycles. The Kier molecular flexibility index (Phi) is 7.92. The third-order valence-electron chi connectivity index (χ3n) is 5.55. The number of halogens is 1. The maximum atomic E-state index is 12.6. The molecule has 2 aromatic carbocycles. The van der Waals surface area contributed by atoms with E-state index in [0.29, 0.717) is 5.02 Å². The lowest BCUT2D eigenvalue weighted by Gasteiger charge is -2.23. The van der Waals surface area contributed by atoms with Gasteiger partial charge < -0.3 is 9.30 Å². The normalized spacial score (nSPS) is 11.6. The molecule has 0 radical (unpaired) electrons. The molecule has 0 aliphatic carbocycles. The molecule has 0 aliphatic rings. The molecule has 186 valence electrons. The Bertz CT molecular complexity index is 1400. The van der Waals surface area contributed by atoms with Gasteiger partial charge in [0.1, 0.15) is 12.3 Å². The summed E-state index contributed by atoms with van der Waals surface area (Å²) < 4.78 is 33.1. The number of nitrogens with one attached hydrogen (secondary N) is 1. The monoisotopic (exact) mass is 516 g/mol. The number of sulfonamides is 1. The van der Waals surface area contributed by atoms with Crippen LogP contribution in [0.5, 0.6) is 5.75 Å². The van der Waals surface area contributed by atoms with Gasteiger partial charge in [0.05, 0.1) is 25.3 Å². The number of hydrogen-bond acceptors (Lipinski definition) is 5. The predicted octanol–water partition coefficient (Wildman–Crippen LogP) is 4.29. The lowest BCUT2D eigenvalue weighted by Crippen LogP contribution is -2.39. The van der Waals surface area contributed by atoms with Crippen LogP contribution in [-0.4, -0.2) is 45.0 Å². The average Bonchev–Trinajstić information content (AvgIpc) is 3.04. The number of hydrazone groups is 1. The topological polar surface area (TPSA) is 93.0 Å². The van der Waals surface area contributed by atoms with Gasteiger partial charge in [0.2, 0.25) is 10.0 Å². The minimum absolute atomic E-state index is 0.165. The highest BCUT2D eigenvalue weighted by Crippen LogP contribution is 2.32. The predicted molar refractivity (Wildman–Crippen MR) is 141 cm³/mol. The minimum atomic E-state index is -3.81. The first-order valence-corrected chi connectivity index (χ1v) is 13.0. The molecule has 10 heteroatoms.